The van der Waals surface area contributed by atoms with E-state index in [1.807, 2.05) is 46.4 Å². The van der Waals surface area contributed by atoms with Crippen molar-refractivity contribution in [1.82, 2.24) is 9.38 Å². The molecule has 3 aromatic rings. The van der Waals surface area contributed by atoms with Crippen LogP contribution in [0.3, 0.4) is 0 Å². The predicted molar refractivity (Wildman–Crippen MR) is 87.9 cm³/mol. The average Bonchev–Trinajstić information content (AvgIpc) is 3.06. The first-order valence-corrected chi connectivity index (χ1v) is 8.15. The molecule has 1 saturated carbocycles. The van der Waals surface area contributed by atoms with Gasteiger partial charge in [0.2, 0.25) is 5.91 Å². The molecular weight excluding hydrogens is 296 g/mol. The van der Waals surface area contributed by atoms with Gasteiger partial charge in [0, 0.05) is 29.0 Å². The average molecular weight is 312 g/mol. The molecule has 3 N–H and O–H groups in total. The number of imidazole rings is 1. The van der Waals surface area contributed by atoms with Crippen LogP contribution in [0.25, 0.3) is 16.2 Å². The van der Waals surface area contributed by atoms with Crippen molar-refractivity contribution in [1.29, 1.82) is 0 Å². The van der Waals surface area contributed by atoms with Crippen molar-refractivity contribution < 1.29 is 4.79 Å². The van der Waals surface area contributed by atoms with E-state index in [9.17, 15) is 4.79 Å². The highest BCUT2D eigenvalue weighted by Crippen LogP contribution is 2.30. The number of nitrogens with two attached hydrogens (primary N) is 1. The number of hydrogen-bond donors (Lipinski definition) is 2. The van der Waals surface area contributed by atoms with Crippen LogP contribution < -0.4 is 11.1 Å². The molecular formula is C16H16N4OS. The highest BCUT2D eigenvalue weighted by atomic mass is 32.1. The maximum absolute atomic E-state index is 12.1. The molecule has 1 aromatic carbocycles. The first-order chi connectivity index (χ1) is 10.6. The number of thiazole rings is 1. The summed E-state index contributed by atoms with van der Waals surface area (Å²) in [4.78, 5) is 17.6. The van der Waals surface area contributed by atoms with Crippen LogP contribution in [0.15, 0.2) is 42.0 Å². The Morgan fingerprint density at radius 3 is 2.73 bits per heavy atom. The van der Waals surface area contributed by atoms with Crippen molar-refractivity contribution in [3.63, 3.8) is 0 Å². The molecule has 5 nitrogen and oxygen atoms in total. The lowest BCUT2D eigenvalue weighted by atomic mass is 9.77. The highest BCUT2D eigenvalue weighted by Gasteiger charge is 2.40. The summed E-state index contributed by atoms with van der Waals surface area (Å²) in [6.45, 7) is 0. The molecule has 22 heavy (non-hydrogen) atoms. The van der Waals surface area contributed by atoms with Crippen molar-refractivity contribution >= 4 is 27.9 Å². The highest BCUT2D eigenvalue weighted by molar-refractivity contribution is 7.15. The molecule has 4 rings (SSSR count). The van der Waals surface area contributed by atoms with E-state index in [4.69, 9.17) is 5.73 Å². The molecule has 2 aromatic heterocycles. The molecule has 2 heterocycles. The van der Waals surface area contributed by atoms with Crippen LogP contribution >= 0.6 is 11.3 Å². The second-order valence-electron chi connectivity index (χ2n) is 5.76. The normalized spacial score (nSPS) is 16.4. The number of carbonyl (C=O) groups excluding carboxylic acids is 1. The van der Waals surface area contributed by atoms with E-state index < -0.39 is 5.54 Å². The third kappa shape index (κ3) is 2.20. The van der Waals surface area contributed by atoms with Gasteiger partial charge in [0.1, 0.15) is 0 Å². The minimum atomic E-state index is -0.674. The van der Waals surface area contributed by atoms with E-state index >= 15 is 0 Å². The van der Waals surface area contributed by atoms with E-state index in [0.717, 1.165) is 41.2 Å². The molecule has 1 aliphatic rings. The van der Waals surface area contributed by atoms with Crippen molar-refractivity contribution in [2.45, 2.75) is 24.8 Å². The molecule has 0 saturated heterocycles. The van der Waals surface area contributed by atoms with Gasteiger partial charge in [-0.15, -0.1) is 11.3 Å². The Hall–Kier alpha value is -2.18. The standard InChI is InChI=1S/C16H16N4OS/c17-16(6-1-7-16)14(21)18-12-4-2-11(3-5-12)13-10-20-8-9-22-15(20)19-13/h2-5,8-10H,1,6-7,17H2,(H,18,21). The molecule has 1 amide bonds. The number of benzene rings is 1. The summed E-state index contributed by atoms with van der Waals surface area (Å²) in [7, 11) is 0. The van der Waals surface area contributed by atoms with Crippen LogP contribution in [0.4, 0.5) is 5.69 Å². The fourth-order valence-corrected chi connectivity index (χ4v) is 3.33. The Morgan fingerprint density at radius 2 is 2.09 bits per heavy atom. The lowest BCUT2D eigenvalue weighted by Gasteiger charge is -2.36. The van der Waals surface area contributed by atoms with E-state index in [2.05, 4.69) is 10.3 Å². The van der Waals surface area contributed by atoms with Crippen molar-refractivity contribution in [3.8, 4) is 11.3 Å². The van der Waals surface area contributed by atoms with Gasteiger partial charge >= 0.3 is 0 Å². The predicted octanol–water partition coefficient (Wildman–Crippen LogP) is 2.88. The Bertz CT molecular complexity index is 801. The summed E-state index contributed by atoms with van der Waals surface area (Å²) < 4.78 is 2.00. The van der Waals surface area contributed by atoms with Crippen molar-refractivity contribution in [3.05, 3.63) is 42.0 Å². The van der Waals surface area contributed by atoms with Gasteiger partial charge in [-0.2, -0.15) is 0 Å². The third-order valence-corrected chi connectivity index (χ3v) is 5.00. The van der Waals surface area contributed by atoms with Gasteiger partial charge in [-0.05, 0) is 31.4 Å². The molecule has 0 unspecified atom stereocenters. The number of aromatic nitrogens is 2. The van der Waals surface area contributed by atoms with Gasteiger partial charge in [-0.3, -0.25) is 9.20 Å². The second kappa shape index (κ2) is 4.93. The van der Waals surface area contributed by atoms with Crippen molar-refractivity contribution in [2.24, 2.45) is 5.73 Å². The topological polar surface area (TPSA) is 72.4 Å². The van der Waals surface area contributed by atoms with E-state index in [1.54, 1.807) is 11.3 Å². The lowest BCUT2D eigenvalue weighted by Crippen LogP contribution is -2.56. The van der Waals surface area contributed by atoms with Crippen LogP contribution in [0.5, 0.6) is 0 Å². The monoisotopic (exact) mass is 312 g/mol. The number of anilines is 1. The van der Waals surface area contributed by atoms with E-state index in [0.29, 0.717) is 0 Å². The number of carbonyl (C=O) groups is 1. The molecule has 0 spiro atoms. The third-order valence-electron chi connectivity index (χ3n) is 4.23. The van der Waals surface area contributed by atoms with Gasteiger partial charge in [-0.1, -0.05) is 12.1 Å². The van der Waals surface area contributed by atoms with Crippen molar-refractivity contribution in [2.75, 3.05) is 5.32 Å². The first kappa shape index (κ1) is 13.5. The Balaban J connectivity index is 1.53. The zero-order chi connectivity index (χ0) is 15.2. The van der Waals surface area contributed by atoms with Crippen LogP contribution in [0.2, 0.25) is 0 Å². The summed E-state index contributed by atoms with van der Waals surface area (Å²) in [5.74, 6) is -0.0889. The number of nitrogens with zero attached hydrogens (tertiary/aromatic N) is 2. The van der Waals surface area contributed by atoms with Crippen LogP contribution in [0, 0.1) is 0 Å². The molecule has 0 radical (unpaired) electrons. The molecule has 6 heteroatoms. The minimum Gasteiger partial charge on any atom is -0.324 e. The fraction of sp³-hybridized carbons (Fsp3) is 0.250. The number of hydrogen-bond acceptors (Lipinski definition) is 4. The minimum absolute atomic E-state index is 0.0889. The molecule has 0 atom stereocenters. The number of amides is 1. The first-order valence-electron chi connectivity index (χ1n) is 7.27. The van der Waals surface area contributed by atoms with Gasteiger partial charge in [0.25, 0.3) is 0 Å². The summed E-state index contributed by atoms with van der Waals surface area (Å²) >= 11 is 1.61. The summed E-state index contributed by atoms with van der Waals surface area (Å²) in [6, 6.07) is 7.71. The molecule has 112 valence electrons. The second-order valence-corrected chi connectivity index (χ2v) is 6.63. The van der Waals surface area contributed by atoms with Gasteiger partial charge in [0.15, 0.2) is 4.96 Å². The Morgan fingerprint density at radius 1 is 1.32 bits per heavy atom. The fourth-order valence-electron chi connectivity index (χ4n) is 2.63. The molecule has 0 bridgehead atoms. The molecule has 1 fully saturated rings. The number of rotatable bonds is 3. The van der Waals surface area contributed by atoms with Gasteiger partial charge < -0.3 is 11.1 Å². The molecule has 1 aliphatic carbocycles. The number of nitrogens with one attached hydrogen (secondary N) is 1. The molecule has 0 aliphatic heterocycles. The van der Waals surface area contributed by atoms with E-state index in [-0.39, 0.29) is 5.91 Å². The Kier molecular flexibility index (Phi) is 3.02. The maximum atomic E-state index is 12.1. The van der Waals surface area contributed by atoms with Gasteiger partial charge in [0.05, 0.1) is 11.2 Å². The summed E-state index contributed by atoms with van der Waals surface area (Å²) in [5.41, 5.74) is 8.08. The van der Waals surface area contributed by atoms with E-state index in [1.165, 1.54) is 0 Å². The SMILES string of the molecule is NC1(C(=O)Nc2ccc(-c3cn4ccsc4n3)cc2)CCC1. The largest absolute Gasteiger partial charge is 0.324 e. The lowest BCUT2D eigenvalue weighted by molar-refractivity contribution is -0.123. The van der Waals surface area contributed by atoms with Crippen LogP contribution in [0.1, 0.15) is 19.3 Å². The maximum Gasteiger partial charge on any atom is 0.244 e. The Labute approximate surface area is 131 Å². The quantitative estimate of drug-likeness (QED) is 0.781. The van der Waals surface area contributed by atoms with Gasteiger partial charge in [-0.25, -0.2) is 4.98 Å². The smallest absolute Gasteiger partial charge is 0.244 e. The number of fused-ring (bicyclic) bond motifs is 1. The zero-order valence-electron chi connectivity index (χ0n) is 12.0. The van der Waals surface area contributed by atoms with Crippen LogP contribution in [-0.4, -0.2) is 20.8 Å². The van der Waals surface area contributed by atoms with Crippen LogP contribution in [-0.2, 0) is 4.79 Å². The summed E-state index contributed by atoms with van der Waals surface area (Å²) in [6.07, 6.45) is 6.55. The zero-order valence-corrected chi connectivity index (χ0v) is 12.8. The summed E-state index contributed by atoms with van der Waals surface area (Å²) in [5, 5.41) is 4.90.